The van der Waals surface area contributed by atoms with Crippen molar-refractivity contribution in [2.75, 3.05) is 5.32 Å². The number of nitrogens with zero attached hydrogens (tertiary/aromatic N) is 1. The second-order valence-electron chi connectivity index (χ2n) is 5.75. The Balaban J connectivity index is 1.92. The quantitative estimate of drug-likeness (QED) is 0.631. The standard InChI is InChI=1S/C19H16N2O3S/c20-11-14-13-8-4-5-9-17(13)25-18(14)21-15(19(23)24)10-16(22)12-6-2-1-3-7-12/h1-3,6-7,10,21H,4-5,8-9H2,(H,23,24). The predicted molar refractivity (Wildman–Crippen MR) is 95.8 cm³/mol. The van der Waals surface area contributed by atoms with Crippen LogP contribution in [0.2, 0.25) is 0 Å². The lowest BCUT2D eigenvalue weighted by atomic mass is 9.96. The topological polar surface area (TPSA) is 90.2 Å². The minimum absolute atomic E-state index is 0.232. The third-order valence-electron chi connectivity index (χ3n) is 4.10. The Bertz CT molecular complexity index is 891. The molecule has 126 valence electrons. The van der Waals surface area contributed by atoms with Crippen LogP contribution in [-0.2, 0) is 17.6 Å². The Morgan fingerprint density at radius 1 is 1.20 bits per heavy atom. The van der Waals surface area contributed by atoms with E-state index < -0.39 is 11.8 Å². The molecule has 2 aromatic rings. The van der Waals surface area contributed by atoms with E-state index in [4.69, 9.17) is 0 Å². The lowest BCUT2D eigenvalue weighted by molar-refractivity contribution is -0.132. The van der Waals surface area contributed by atoms with Crippen LogP contribution in [0.15, 0.2) is 42.1 Å². The van der Waals surface area contributed by atoms with Crippen LogP contribution in [0.1, 0.15) is 39.2 Å². The highest BCUT2D eigenvalue weighted by Gasteiger charge is 2.22. The molecule has 0 unspecified atom stereocenters. The zero-order chi connectivity index (χ0) is 17.8. The van der Waals surface area contributed by atoms with Crippen LogP contribution in [-0.4, -0.2) is 16.9 Å². The largest absolute Gasteiger partial charge is 0.477 e. The number of aryl methyl sites for hydroxylation is 1. The molecule has 1 heterocycles. The summed E-state index contributed by atoms with van der Waals surface area (Å²) in [6, 6.07) is 10.7. The monoisotopic (exact) mass is 352 g/mol. The van der Waals surface area contributed by atoms with Crippen molar-refractivity contribution in [3.63, 3.8) is 0 Å². The molecule has 3 rings (SSSR count). The van der Waals surface area contributed by atoms with Gasteiger partial charge in [0.05, 0.1) is 5.56 Å². The highest BCUT2D eigenvalue weighted by Crippen LogP contribution is 2.38. The van der Waals surface area contributed by atoms with E-state index in [0.717, 1.165) is 42.2 Å². The number of benzene rings is 1. The van der Waals surface area contributed by atoms with Gasteiger partial charge in [0.15, 0.2) is 5.78 Å². The lowest BCUT2D eigenvalue weighted by Gasteiger charge is -2.09. The summed E-state index contributed by atoms with van der Waals surface area (Å²) >= 11 is 1.41. The van der Waals surface area contributed by atoms with E-state index in [1.807, 2.05) is 0 Å². The summed E-state index contributed by atoms with van der Waals surface area (Å²) in [5, 5.41) is 22.2. The summed E-state index contributed by atoms with van der Waals surface area (Å²) < 4.78 is 0. The Labute approximate surface area is 149 Å². The minimum atomic E-state index is -1.24. The summed E-state index contributed by atoms with van der Waals surface area (Å²) in [7, 11) is 0. The molecule has 0 saturated carbocycles. The number of anilines is 1. The van der Waals surface area contributed by atoms with Crippen LogP contribution in [0.25, 0.3) is 0 Å². The molecule has 0 spiro atoms. The Morgan fingerprint density at radius 3 is 2.60 bits per heavy atom. The van der Waals surface area contributed by atoms with Gasteiger partial charge >= 0.3 is 5.97 Å². The van der Waals surface area contributed by atoms with E-state index >= 15 is 0 Å². The van der Waals surface area contributed by atoms with Crippen molar-refractivity contribution in [3.05, 3.63) is 63.7 Å². The SMILES string of the molecule is N#Cc1c(NC(=CC(=O)c2ccccc2)C(=O)O)sc2c1CCCC2. The van der Waals surface area contributed by atoms with Crippen molar-refractivity contribution in [1.29, 1.82) is 5.26 Å². The van der Waals surface area contributed by atoms with Crippen LogP contribution < -0.4 is 5.32 Å². The van der Waals surface area contributed by atoms with E-state index in [9.17, 15) is 20.0 Å². The fourth-order valence-corrected chi connectivity index (χ4v) is 4.11. The highest BCUT2D eigenvalue weighted by atomic mass is 32.1. The van der Waals surface area contributed by atoms with E-state index in [-0.39, 0.29) is 5.70 Å². The average molecular weight is 352 g/mol. The maximum atomic E-state index is 12.3. The second-order valence-corrected chi connectivity index (χ2v) is 6.85. The van der Waals surface area contributed by atoms with E-state index in [0.29, 0.717) is 16.1 Å². The molecule has 0 fully saturated rings. The molecule has 5 nitrogen and oxygen atoms in total. The van der Waals surface area contributed by atoms with E-state index in [1.54, 1.807) is 30.3 Å². The smallest absolute Gasteiger partial charge is 0.352 e. The summed E-state index contributed by atoms with van der Waals surface area (Å²) in [6.45, 7) is 0. The number of hydrogen-bond acceptors (Lipinski definition) is 5. The normalized spacial score (nSPS) is 13.6. The van der Waals surface area contributed by atoms with Crippen LogP contribution in [0.5, 0.6) is 0 Å². The zero-order valence-electron chi connectivity index (χ0n) is 13.4. The van der Waals surface area contributed by atoms with Gasteiger partial charge in [-0.3, -0.25) is 4.79 Å². The lowest BCUT2D eigenvalue weighted by Crippen LogP contribution is -2.13. The Kier molecular flexibility index (Phi) is 4.96. The van der Waals surface area contributed by atoms with Gasteiger partial charge in [0, 0.05) is 16.5 Å². The number of rotatable bonds is 5. The molecule has 6 heteroatoms. The van der Waals surface area contributed by atoms with Crippen LogP contribution >= 0.6 is 11.3 Å². The third-order valence-corrected chi connectivity index (χ3v) is 5.30. The molecule has 0 aliphatic heterocycles. The number of thiophene rings is 1. The molecule has 0 amide bonds. The van der Waals surface area contributed by atoms with Gasteiger partial charge < -0.3 is 10.4 Å². The zero-order valence-corrected chi connectivity index (χ0v) is 14.2. The van der Waals surface area contributed by atoms with Gasteiger partial charge in [-0.2, -0.15) is 5.26 Å². The molecular weight excluding hydrogens is 336 g/mol. The second kappa shape index (κ2) is 7.32. The van der Waals surface area contributed by atoms with Crippen LogP contribution in [0.3, 0.4) is 0 Å². The number of allylic oxidation sites excluding steroid dienone is 1. The van der Waals surface area contributed by atoms with Gasteiger partial charge in [-0.1, -0.05) is 30.3 Å². The molecule has 25 heavy (non-hydrogen) atoms. The maximum Gasteiger partial charge on any atom is 0.352 e. The number of carboxylic acids is 1. The maximum absolute atomic E-state index is 12.3. The van der Waals surface area contributed by atoms with Crippen molar-refractivity contribution in [2.45, 2.75) is 25.7 Å². The van der Waals surface area contributed by atoms with E-state index in [1.165, 1.54) is 11.3 Å². The fraction of sp³-hybridized carbons (Fsp3) is 0.211. The third kappa shape index (κ3) is 3.62. The Hall–Kier alpha value is -2.91. The number of nitrogens with one attached hydrogen (secondary N) is 1. The number of hydrogen-bond donors (Lipinski definition) is 2. The number of ketones is 1. The van der Waals surface area contributed by atoms with Gasteiger partial charge in [-0.15, -0.1) is 11.3 Å². The summed E-state index contributed by atoms with van der Waals surface area (Å²) in [4.78, 5) is 24.9. The molecule has 1 aliphatic carbocycles. The molecule has 0 bridgehead atoms. The van der Waals surface area contributed by atoms with Gasteiger partial charge in [-0.25, -0.2) is 4.79 Å². The Morgan fingerprint density at radius 2 is 1.92 bits per heavy atom. The first-order valence-electron chi connectivity index (χ1n) is 7.96. The number of fused-ring (bicyclic) bond motifs is 1. The van der Waals surface area contributed by atoms with Gasteiger partial charge in [0.25, 0.3) is 0 Å². The van der Waals surface area contributed by atoms with Crippen LogP contribution in [0.4, 0.5) is 5.00 Å². The molecule has 0 saturated heterocycles. The molecule has 0 radical (unpaired) electrons. The minimum Gasteiger partial charge on any atom is -0.477 e. The molecule has 0 atom stereocenters. The predicted octanol–water partition coefficient (Wildman–Crippen LogP) is 3.76. The molecule has 1 aromatic heterocycles. The van der Waals surface area contributed by atoms with Crippen molar-refractivity contribution in [1.82, 2.24) is 0 Å². The van der Waals surface area contributed by atoms with Crippen molar-refractivity contribution < 1.29 is 14.7 Å². The first kappa shape index (κ1) is 16.9. The number of aliphatic carboxylic acids is 1. The van der Waals surface area contributed by atoms with Gasteiger partial charge in [-0.05, 0) is 31.2 Å². The van der Waals surface area contributed by atoms with Crippen molar-refractivity contribution >= 4 is 28.1 Å². The number of carbonyl (C=O) groups excluding carboxylic acids is 1. The van der Waals surface area contributed by atoms with Crippen molar-refractivity contribution in [3.8, 4) is 6.07 Å². The summed E-state index contributed by atoms with van der Waals surface area (Å²) in [5.41, 5.74) is 1.69. The van der Waals surface area contributed by atoms with Crippen molar-refractivity contribution in [2.24, 2.45) is 0 Å². The highest BCUT2D eigenvalue weighted by molar-refractivity contribution is 7.16. The first-order valence-corrected chi connectivity index (χ1v) is 8.78. The number of carboxylic acid groups (broad SMARTS) is 1. The molecule has 1 aliphatic rings. The number of nitriles is 1. The molecule has 2 N–H and O–H groups in total. The van der Waals surface area contributed by atoms with Gasteiger partial charge in [0.1, 0.15) is 16.8 Å². The molecule has 1 aromatic carbocycles. The summed E-state index contributed by atoms with van der Waals surface area (Å²) in [6.07, 6.45) is 4.92. The first-order chi connectivity index (χ1) is 12.1. The van der Waals surface area contributed by atoms with Gasteiger partial charge in [0.2, 0.25) is 0 Å². The van der Waals surface area contributed by atoms with E-state index in [2.05, 4.69) is 11.4 Å². The number of carbonyl (C=O) groups is 2. The summed E-state index contributed by atoms with van der Waals surface area (Å²) in [5.74, 6) is -1.63. The average Bonchev–Trinajstić information content (AvgIpc) is 2.98. The molecular formula is C19H16N2O3S. The van der Waals surface area contributed by atoms with Crippen LogP contribution in [0, 0.1) is 11.3 Å². The fourth-order valence-electron chi connectivity index (χ4n) is 2.86.